The van der Waals surface area contributed by atoms with Crippen LogP contribution >= 0.6 is 0 Å². The summed E-state index contributed by atoms with van der Waals surface area (Å²) in [5.74, 6) is -1.42. The van der Waals surface area contributed by atoms with E-state index in [1.807, 2.05) is 31.2 Å². The van der Waals surface area contributed by atoms with Gasteiger partial charge in [-0.15, -0.1) is 0 Å². The van der Waals surface area contributed by atoms with Crippen molar-refractivity contribution in [3.8, 4) is 0 Å². The molecular weight excluding hydrogens is 332 g/mol. The van der Waals surface area contributed by atoms with Crippen LogP contribution in [0.4, 0.5) is 0 Å². The fraction of sp³-hybridized carbons (Fsp3) is 0.238. The molecule has 2 aromatic carbocycles. The van der Waals surface area contributed by atoms with Crippen molar-refractivity contribution in [2.24, 2.45) is 0 Å². The summed E-state index contributed by atoms with van der Waals surface area (Å²) in [4.78, 5) is 25.0. The maximum Gasteiger partial charge on any atom is 0.337 e. The number of methoxy groups -OCH3 is 2. The van der Waals surface area contributed by atoms with E-state index in [1.54, 1.807) is 24.3 Å². The minimum atomic E-state index is -1.81. The van der Waals surface area contributed by atoms with Crippen LogP contribution in [0.25, 0.3) is 0 Å². The molecule has 0 fully saturated rings. The normalized spacial score (nSPS) is 18.9. The molecule has 0 bridgehead atoms. The molecule has 0 aliphatic heterocycles. The van der Waals surface area contributed by atoms with Gasteiger partial charge >= 0.3 is 11.9 Å². The first-order chi connectivity index (χ1) is 12.4. The first-order valence-corrected chi connectivity index (χ1v) is 8.21. The van der Waals surface area contributed by atoms with Crippen molar-refractivity contribution in [1.82, 2.24) is 0 Å². The van der Waals surface area contributed by atoms with Crippen LogP contribution in [0, 0.1) is 6.92 Å². The van der Waals surface area contributed by atoms with Gasteiger partial charge in [-0.05, 0) is 23.6 Å². The van der Waals surface area contributed by atoms with Crippen molar-refractivity contribution in [2.45, 2.75) is 18.9 Å². The Balaban J connectivity index is 2.41. The van der Waals surface area contributed by atoms with Crippen LogP contribution in [0.1, 0.15) is 22.3 Å². The van der Waals surface area contributed by atoms with E-state index in [9.17, 15) is 14.7 Å². The van der Waals surface area contributed by atoms with E-state index >= 15 is 0 Å². The molecule has 26 heavy (non-hydrogen) atoms. The van der Waals surface area contributed by atoms with Crippen LogP contribution in [0.15, 0.2) is 59.7 Å². The first kappa shape index (κ1) is 17.9. The Bertz CT molecular complexity index is 898. The Labute approximate surface area is 151 Å². The van der Waals surface area contributed by atoms with Gasteiger partial charge in [-0.3, -0.25) is 0 Å². The molecular formula is C21H20O5. The predicted molar refractivity (Wildman–Crippen MR) is 95.4 cm³/mol. The minimum absolute atomic E-state index is 0.0991. The maximum absolute atomic E-state index is 12.6. The second-order valence-electron chi connectivity index (χ2n) is 6.25. The molecule has 1 unspecified atom stereocenters. The second-order valence-corrected chi connectivity index (χ2v) is 6.25. The third-order valence-corrected chi connectivity index (χ3v) is 4.70. The lowest BCUT2D eigenvalue weighted by Gasteiger charge is -2.37. The Kier molecular flexibility index (Phi) is 4.66. The molecule has 0 amide bonds. The van der Waals surface area contributed by atoms with Gasteiger partial charge in [0.1, 0.15) is 5.60 Å². The summed E-state index contributed by atoms with van der Waals surface area (Å²) in [7, 11) is 2.47. The molecule has 0 radical (unpaired) electrons. The molecule has 2 aromatic rings. The van der Waals surface area contributed by atoms with E-state index in [0.29, 0.717) is 11.1 Å². The van der Waals surface area contributed by atoms with E-state index in [1.165, 1.54) is 14.2 Å². The number of aryl methyl sites for hydroxylation is 1. The van der Waals surface area contributed by atoms with Crippen molar-refractivity contribution in [3.05, 3.63) is 81.9 Å². The van der Waals surface area contributed by atoms with Crippen LogP contribution in [0.5, 0.6) is 0 Å². The molecule has 5 nitrogen and oxygen atoms in total. The van der Waals surface area contributed by atoms with Gasteiger partial charge in [0.25, 0.3) is 0 Å². The van der Waals surface area contributed by atoms with Gasteiger partial charge in [-0.1, -0.05) is 54.1 Å². The number of benzene rings is 2. The lowest BCUT2D eigenvalue weighted by molar-refractivity contribution is -0.141. The third kappa shape index (κ3) is 2.70. The Morgan fingerprint density at radius 3 is 2.27 bits per heavy atom. The van der Waals surface area contributed by atoms with Gasteiger partial charge < -0.3 is 14.6 Å². The number of carbonyl (C=O) groups excluding carboxylic acids is 2. The molecule has 1 N–H and O–H groups in total. The van der Waals surface area contributed by atoms with Crippen LogP contribution in [0.2, 0.25) is 0 Å². The Morgan fingerprint density at radius 1 is 1.00 bits per heavy atom. The van der Waals surface area contributed by atoms with Crippen molar-refractivity contribution < 1.29 is 24.2 Å². The molecule has 1 atom stereocenters. The summed E-state index contributed by atoms with van der Waals surface area (Å²) < 4.78 is 9.78. The summed E-state index contributed by atoms with van der Waals surface area (Å²) in [6.07, 6.45) is 0.182. The van der Waals surface area contributed by atoms with Gasteiger partial charge in [0, 0.05) is 6.42 Å². The van der Waals surface area contributed by atoms with Gasteiger partial charge in [0.05, 0.1) is 25.4 Å². The maximum atomic E-state index is 12.6. The molecule has 0 saturated carbocycles. The van der Waals surface area contributed by atoms with Crippen LogP contribution in [0.3, 0.4) is 0 Å². The number of rotatable bonds is 3. The smallest absolute Gasteiger partial charge is 0.337 e. The van der Waals surface area contributed by atoms with Crippen molar-refractivity contribution in [1.29, 1.82) is 0 Å². The molecule has 1 aliphatic rings. The lowest BCUT2D eigenvalue weighted by atomic mass is 9.70. The summed E-state index contributed by atoms with van der Waals surface area (Å²) in [5, 5.41) is 11.8. The Morgan fingerprint density at radius 2 is 1.65 bits per heavy atom. The zero-order valence-corrected chi connectivity index (χ0v) is 14.9. The van der Waals surface area contributed by atoms with E-state index in [2.05, 4.69) is 0 Å². The molecule has 134 valence electrons. The van der Waals surface area contributed by atoms with Crippen molar-refractivity contribution in [2.75, 3.05) is 14.2 Å². The SMILES string of the molecule is COC(=O)C1=C(C(=O)OC)C(O)(c2ccccc2)c2cc(C)ccc2C1. The average Bonchev–Trinajstić information content (AvgIpc) is 2.67. The van der Waals surface area contributed by atoms with E-state index in [4.69, 9.17) is 9.47 Å². The Hall–Kier alpha value is -2.92. The highest BCUT2D eigenvalue weighted by molar-refractivity contribution is 6.04. The predicted octanol–water partition coefficient (Wildman–Crippen LogP) is 2.43. The largest absolute Gasteiger partial charge is 0.466 e. The zero-order valence-electron chi connectivity index (χ0n) is 14.9. The lowest BCUT2D eigenvalue weighted by Crippen LogP contribution is -2.40. The van der Waals surface area contributed by atoms with Gasteiger partial charge in [-0.25, -0.2) is 9.59 Å². The first-order valence-electron chi connectivity index (χ1n) is 8.21. The quantitative estimate of drug-likeness (QED) is 0.859. The molecule has 3 rings (SSSR count). The molecule has 1 aliphatic carbocycles. The summed E-state index contributed by atoms with van der Waals surface area (Å²) in [6, 6.07) is 14.4. The van der Waals surface area contributed by atoms with Gasteiger partial charge in [0.2, 0.25) is 0 Å². The van der Waals surface area contributed by atoms with Gasteiger partial charge in [0.15, 0.2) is 0 Å². The van der Waals surface area contributed by atoms with Gasteiger partial charge in [-0.2, -0.15) is 0 Å². The fourth-order valence-corrected chi connectivity index (χ4v) is 3.46. The number of aliphatic hydroxyl groups is 1. The van der Waals surface area contributed by atoms with Crippen molar-refractivity contribution in [3.63, 3.8) is 0 Å². The highest BCUT2D eigenvalue weighted by atomic mass is 16.5. The van der Waals surface area contributed by atoms with Crippen LogP contribution < -0.4 is 0 Å². The molecule has 0 spiro atoms. The number of carbonyl (C=O) groups is 2. The third-order valence-electron chi connectivity index (χ3n) is 4.70. The minimum Gasteiger partial charge on any atom is -0.466 e. The second kappa shape index (κ2) is 6.77. The molecule has 0 aromatic heterocycles. The highest BCUT2D eigenvalue weighted by Crippen LogP contribution is 2.45. The molecule has 0 saturated heterocycles. The summed E-state index contributed by atoms with van der Waals surface area (Å²) in [6.45, 7) is 1.91. The summed E-state index contributed by atoms with van der Waals surface area (Å²) >= 11 is 0. The van der Waals surface area contributed by atoms with Crippen molar-refractivity contribution >= 4 is 11.9 Å². The van der Waals surface area contributed by atoms with E-state index in [-0.39, 0.29) is 17.6 Å². The standard InChI is InChI=1S/C21H20O5/c1-13-9-10-14-12-16(19(22)25-2)18(20(23)26-3)21(24,17(14)11-13)15-7-5-4-6-8-15/h4-11,24H,12H2,1-3H3. The average molecular weight is 352 g/mol. The monoisotopic (exact) mass is 352 g/mol. The molecule has 5 heteroatoms. The number of esters is 2. The molecule has 0 heterocycles. The zero-order chi connectivity index (χ0) is 18.9. The summed E-state index contributed by atoms with van der Waals surface area (Å²) in [5.41, 5.74) is 0.930. The van der Waals surface area contributed by atoms with Crippen LogP contribution in [-0.2, 0) is 31.1 Å². The van der Waals surface area contributed by atoms with E-state index in [0.717, 1.165) is 11.1 Å². The number of hydrogen-bond acceptors (Lipinski definition) is 5. The van der Waals surface area contributed by atoms with E-state index < -0.39 is 17.5 Å². The number of fused-ring (bicyclic) bond motifs is 1. The highest BCUT2D eigenvalue weighted by Gasteiger charge is 2.47. The fourth-order valence-electron chi connectivity index (χ4n) is 3.46. The topological polar surface area (TPSA) is 72.8 Å². The number of hydrogen-bond donors (Lipinski definition) is 1. The van der Waals surface area contributed by atoms with Crippen LogP contribution in [-0.4, -0.2) is 31.3 Å². The number of ether oxygens (including phenoxy) is 2.